The van der Waals surface area contributed by atoms with Crippen molar-refractivity contribution in [2.24, 2.45) is 4.99 Å². The second-order valence-electron chi connectivity index (χ2n) is 4.30. The van der Waals surface area contributed by atoms with E-state index in [0.717, 1.165) is 11.1 Å². The Bertz CT molecular complexity index is 648. The number of nitrogens with zero attached hydrogens (tertiary/aromatic N) is 1. The predicted octanol–water partition coefficient (Wildman–Crippen LogP) is 3.67. The molecule has 0 saturated carbocycles. The third-order valence-electron chi connectivity index (χ3n) is 2.88. The van der Waals surface area contributed by atoms with Crippen molar-refractivity contribution in [1.29, 1.82) is 0 Å². The number of esters is 1. The number of aliphatic imine (C=N–C) groups is 1. The van der Waals surface area contributed by atoms with Crippen LogP contribution in [-0.4, -0.2) is 19.3 Å². The molecule has 0 saturated heterocycles. The van der Waals surface area contributed by atoms with E-state index in [1.807, 2.05) is 6.92 Å². The van der Waals surface area contributed by atoms with Gasteiger partial charge in [-0.15, -0.1) is 0 Å². The Kier molecular flexibility index (Phi) is 4.25. The molecule has 0 aliphatic rings. The largest absolute Gasteiger partial charge is 0.465 e. The van der Waals surface area contributed by atoms with Crippen molar-refractivity contribution in [3.8, 4) is 0 Å². The van der Waals surface area contributed by atoms with Gasteiger partial charge in [0.1, 0.15) is 5.82 Å². The molecule has 0 aromatic heterocycles. The fourth-order valence-corrected chi connectivity index (χ4v) is 1.70. The minimum Gasteiger partial charge on any atom is -0.465 e. The van der Waals surface area contributed by atoms with Gasteiger partial charge < -0.3 is 4.74 Å². The highest BCUT2D eigenvalue weighted by Gasteiger charge is 2.03. The lowest BCUT2D eigenvalue weighted by atomic mass is 10.1. The van der Waals surface area contributed by atoms with Crippen LogP contribution in [0.2, 0.25) is 0 Å². The zero-order valence-electron chi connectivity index (χ0n) is 11.3. The Morgan fingerprint density at radius 3 is 2.55 bits per heavy atom. The van der Waals surface area contributed by atoms with Gasteiger partial charge in [0.2, 0.25) is 0 Å². The second kappa shape index (κ2) is 6.10. The lowest BCUT2D eigenvalue weighted by Crippen LogP contribution is -1.99. The van der Waals surface area contributed by atoms with Crippen LogP contribution in [0.5, 0.6) is 0 Å². The predicted molar refractivity (Wildman–Crippen MR) is 76.2 cm³/mol. The topological polar surface area (TPSA) is 38.7 Å². The smallest absolute Gasteiger partial charge is 0.337 e. The van der Waals surface area contributed by atoms with Crippen molar-refractivity contribution in [2.75, 3.05) is 7.11 Å². The van der Waals surface area contributed by atoms with E-state index in [-0.39, 0.29) is 11.8 Å². The van der Waals surface area contributed by atoms with Crippen molar-refractivity contribution in [2.45, 2.75) is 6.92 Å². The molecule has 2 rings (SSSR count). The summed E-state index contributed by atoms with van der Waals surface area (Å²) in [5.41, 5.74) is 2.82. The number of carbonyl (C=O) groups excluding carboxylic acids is 1. The van der Waals surface area contributed by atoms with Gasteiger partial charge >= 0.3 is 5.97 Å². The van der Waals surface area contributed by atoms with Crippen molar-refractivity contribution in [3.05, 3.63) is 65.0 Å². The highest BCUT2D eigenvalue weighted by Crippen LogP contribution is 2.15. The van der Waals surface area contributed by atoms with Crippen LogP contribution in [0.15, 0.2) is 47.5 Å². The summed E-state index contributed by atoms with van der Waals surface area (Å²) in [4.78, 5) is 15.5. The van der Waals surface area contributed by atoms with Gasteiger partial charge in [-0.1, -0.05) is 6.07 Å². The molecule has 102 valence electrons. The maximum Gasteiger partial charge on any atom is 0.337 e. The molecule has 0 aliphatic carbocycles. The van der Waals surface area contributed by atoms with Gasteiger partial charge in [0, 0.05) is 6.21 Å². The van der Waals surface area contributed by atoms with E-state index in [9.17, 15) is 9.18 Å². The van der Waals surface area contributed by atoms with Gasteiger partial charge in [-0.2, -0.15) is 0 Å². The van der Waals surface area contributed by atoms with Crippen LogP contribution in [0, 0.1) is 12.7 Å². The van der Waals surface area contributed by atoms with Crippen LogP contribution in [0.1, 0.15) is 21.5 Å². The van der Waals surface area contributed by atoms with E-state index in [1.165, 1.54) is 19.2 Å². The number of benzene rings is 2. The molecule has 4 heteroatoms. The van der Waals surface area contributed by atoms with Gasteiger partial charge in [-0.3, -0.25) is 4.99 Å². The summed E-state index contributed by atoms with van der Waals surface area (Å²) < 4.78 is 17.8. The number of methoxy groups -OCH3 is 1. The van der Waals surface area contributed by atoms with Crippen LogP contribution < -0.4 is 0 Å². The number of aryl methyl sites for hydroxylation is 1. The normalized spacial score (nSPS) is 10.8. The molecule has 0 unspecified atom stereocenters. The van der Waals surface area contributed by atoms with Crippen molar-refractivity contribution in [1.82, 2.24) is 0 Å². The SMILES string of the molecule is COC(=O)c1ccc(N=Cc2cc(F)ccc2C)cc1. The second-order valence-corrected chi connectivity index (χ2v) is 4.30. The summed E-state index contributed by atoms with van der Waals surface area (Å²) in [5.74, 6) is -0.681. The molecule has 0 atom stereocenters. The fourth-order valence-electron chi connectivity index (χ4n) is 1.70. The van der Waals surface area contributed by atoms with E-state index in [0.29, 0.717) is 11.3 Å². The molecule has 0 amide bonds. The molecule has 2 aromatic carbocycles. The summed E-state index contributed by atoms with van der Waals surface area (Å²) in [7, 11) is 1.33. The molecular formula is C16H14FNO2. The van der Waals surface area contributed by atoms with Gasteiger partial charge in [-0.25, -0.2) is 9.18 Å². The van der Waals surface area contributed by atoms with Gasteiger partial charge in [-0.05, 0) is 54.4 Å². The van der Waals surface area contributed by atoms with Crippen molar-refractivity contribution < 1.29 is 13.9 Å². The first-order valence-electron chi connectivity index (χ1n) is 6.09. The molecular weight excluding hydrogens is 257 g/mol. The molecule has 0 aliphatic heterocycles. The minimum atomic E-state index is -0.387. The van der Waals surface area contributed by atoms with Crippen LogP contribution in [0.25, 0.3) is 0 Å². The van der Waals surface area contributed by atoms with E-state index in [2.05, 4.69) is 9.73 Å². The lowest BCUT2D eigenvalue weighted by molar-refractivity contribution is 0.0601. The highest BCUT2D eigenvalue weighted by molar-refractivity contribution is 5.90. The first-order valence-corrected chi connectivity index (χ1v) is 6.09. The molecule has 0 radical (unpaired) electrons. The first-order chi connectivity index (χ1) is 9.60. The van der Waals surface area contributed by atoms with Gasteiger partial charge in [0.05, 0.1) is 18.4 Å². The zero-order valence-corrected chi connectivity index (χ0v) is 11.3. The fraction of sp³-hybridized carbons (Fsp3) is 0.125. The number of hydrogen-bond acceptors (Lipinski definition) is 3. The van der Waals surface area contributed by atoms with E-state index >= 15 is 0 Å². The molecule has 0 bridgehead atoms. The summed E-state index contributed by atoms with van der Waals surface area (Å²) in [6.07, 6.45) is 1.60. The third kappa shape index (κ3) is 3.29. The maximum absolute atomic E-state index is 13.1. The Morgan fingerprint density at radius 1 is 1.20 bits per heavy atom. The molecule has 0 fully saturated rings. The zero-order chi connectivity index (χ0) is 14.5. The molecule has 0 N–H and O–H groups in total. The van der Waals surface area contributed by atoms with Crippen LogP contribution in [0.3, 0.4) is 0 Å². The number of carbonyl (C=O) groups is 1. The van der Waals surface area contributed by atoms with E-state index in [4.69, 9.17) is 0 Å². The summed E-state index contributed by atoms with van der Waals surface area (Å²) >= 11 is 0. The number of ether oxygens (including phenoxy) is 1. The number of rotatable bonds is 3. The monoisotopic (exact) mass is 271 g/mol. The average molecular weight is 271 g/mol. The Labute approximate surface area is 116 Å². The van der Waals surface area contributed by atoms with Crippen molar-refractivity contribution >= 4 is 17.9 Å². The third-order valence-corrected chi connectivity index (χ3v) is 2.88. The quantitative estimate of drug-likeness (QED) is 0.631. The molecule has 2 aromatic rings. The molecule has 0 heterocycles. The molecule has 0 spiro atoms. The van der Waals surface area contributed by atoms with E-state index < -0.39 is 0 Å². The molecule has 20 heavy (non-hydrogen) atoms. The van der Waals surface area contributed by atoms with Crippen LogP contribution in [0.4, 0.5) is 10.1 Å². The summed E-state index contributed by atoms with van der Waals surface area (Å²) in [5, 5.41) is 0. The number of halogens is 1. The van der Waals surface area contributed by atoms with Gasteiger partial charge in [0.15, 0.2) is 0 Å². The minimum absolute atomic E-state index is 0.293. The van der Waals surface area contributed by atoms with Crippen LogP contribution >= 0.6 is 0 Å². The highest BCUT2D eigenvalue weighted by atomic mass is 19.1. The molecule has 3 nitrogen and oxygen atoms in total. The Hall–Kier alpha value is -2.49. The van der Waals surface area contributed by atoms with E-state index in [1.54, 1.807) is 36.5 Å². The van der Waals surface area contributed by atoms with Crippen molar-refractivity contribution in [3.63, 3.8) is 0 Å². The standard InChI is InChI=1S/C16H14FNO2/c1-11-3-6-14(17)9-13(11)10-18-15-7-4-12(5-8-15)16(19)20-2/h3-10H,1-2H3. The average Bonchev–Trinajstić information content (AvgIpc) is 2.48. The first kappa shape index (κ1) is 13.9. The summed E-state index contributed by atoms with van der Waals surface area (Å²) in [6, 6.07) is 11.2. The number of hydrogen-bond donors (Lipinski definition) is 0. The van der Waals surface area contributed by atoms with Gasteiger partial charge in [0.25, 0.3) is 0 Å². The lowest BCUT2D eigenvalue weighted by Gasteiger charge is -2.01. The van der Waals surface area contributed by atoms with Crippen LogP contribution in [-0.2, 0) is 4.74 Å². The Balaban J connectivity index is 2.19. The Morgan fingerprint density at radius 2 is 1.90 bits per heavy atom. The summed E-state index contributed by atoms with van der Waals surface area (Å²) in [6.45, 7) is 1.89. The maximum atomic E-state index is 13.1.